The topological polar surface area (TPSA) is 69.9 Å². The van der Waals surface area contributed by atoms with Crippen LogP contribution >= 0.6 is 11.8 Å². The molecule has 0 saturated heterocycles. The van der Waals surface area contributed by atoms with E-state index in [2.05, 4.69) is 14.8 Å². The number of thioether (sulfide) groups is 1. The number of methoxy groups -OCH3 is 1. The van der Waals surface area contributed by atoms with Gasteiger partial charge in [0, 0.05) is 41.7 Å². The Labute approximate surface area is 198 Å². The molecular weight excluding hydrogens is 432 g/mol. The fraction of sp³-hybridized carbons (Fsp3) is 0.231. The molecule has 0 bridgehead atoms. The van der Waals surface area contributed by atoms with E-state index in [1.165, 1.54) is 11.8 Å². The highest BCUT2D eigenvalue weighted by molar-refractivity contribution is 7.99. The molecule has 33 heavy (non-hydrogen) atoms. The zero-order chi connectivity index (χ0) is 23.2. The minimum Gasteiger partial charge on any atom is -0.383 e. The van der Waals surface area contributed by atoms with Crippen molar-refractivity contribution in [3.05, 3.63) is 83.7 Å². The molecule has 168 valence electrons. The second-order valence-corrected chi connectivity index (χ2v) is 8.61. The monoisotopic (exact) mass is 458 g/mol. The highest BCUT2D eigenvalue weighted by atomic mass is 32.2. The molecule has 0 spiro atoms. The molecule has 2 aromatic carbocycles. The van der Waals surface area contributed by atoms with Crippen LogP contribution in [0.25, 0.3) is 22.5 Å². The van der Waals surface area contributed by atoms with Crippen molar-refractivity contribution >= 4 is 17.5 Å². The molecule has 4 aromatic rings. The largest absolute Gasteiger partial charge is 0.383 e. The summed E-state index contributed by atoms with van der Waals surface area (Å²) in [6.07, 6.45) is 0. The van der Waals surface area contributed by atoms with E-state index in [0.717, 1.165) is 46.0 Å². The Morgan fingerprint density at radius 2 is 1.58 bits per heavy atom. The summed E-state index contributed by atoms with van der Waals surface area (Å²) in [5.74, 6) is 0.295. The van der Waals surface area contributed by atoms with Crippen LogP contribution < -0.4 is 0 Å². The molecule has 0 aliphatic carbocycles. The van der Waals surface area contributed by atoms with E-state index in [-0.39, 0.29) is 11.5 Å². The van der Waals surface area contributed by atoms with Gasteiger partial charge in [0.25, 0.3) is 0 Å². The standard InChI is InChI=1S/C26H26N4O2S/c1-18-16-22(19(2)30(18)14-15-32-3)23(31)17-33-26-27-24(20-10-6-4-7-11-20)25(28-29-26)21-12-8-5-9-13-21/h4-13,16H,14-15,17H2,1-3H3. The smallest absolute Gasteiger partial charge is 0.210 e. The Balaban J connectivity index is 1.58. The average Bonchev–Trinajstić information content (AvgIpc) is 3.15. The minimum atomic E-state index is 0.0498. The third-order valence-electron chi connectivity index (χ3n) is 5.49. The zero-order valence-electron chi connectivity index (χ0n) is 19.0. The predicted octanol–water partition coefficient (Wildman–Crippen LogP) is 5.25. The van der Waals surface area contributed by atoms with Crippen LogP contribution in [0.1, 0.15) is 21.7 Å². The van der Waals surface area contributed by atoms with Crippen LogP contribution in [0.4, 0.5) is 0 Å². The number of carbonyl (C=O) groups excluding carboxylic acids is 1. The van der Waals surface area contributed by atoms with E-state index in [1.54, 1.807) is 7.11 Å². The van der Waals surface area contributed by atoms with Gasteiger partial charge in [-0.15, -0.1) is 10.2 Å². The highest BCUT2D eigenvalue weighted by Crippen LogP contribution is 2.30. The van der Waals surface area contributed by atoms with E-state index in [9.17, 15) is 4.79 Å². The van der Waals surface area contributed by atoms with Crippen LogP contribution in [-0.4, -0.2) is 45.0 Å². The van der Waals surface area contributed by atoms with Crippen LogP contribution in [-0.2, 0) is 11.3 Å². The fourth-order valence-corrected chi connectivity index (χ4v) is 4.45. The van der Waals surface area contributed by atoms with Gasteiger partial charge in [-0.2, -0.15) is 0 Å². The summed E-state index contributed by atoms with van der Waals surface area (Å²) < 4.78 is 7.30. The number of hydrogen-bond donors (Lipinski definition) is 0. The van der Waals surface area contributed by atoms with Crippen LogP contribution in [0, 0.1) is 13.8 Å². The first-order valence-electron chi connectivity index (χ1n) is 10.8. The lowest BCUT2D eigenvalue weighted by Crippen LogP contribution is -2.10. The maximum absolute atomic E-state index is 13.0. The SMILES string of the molecule is COCCn1c(C)cc(C(=O)CSc2nnc(-c3ccccc3)c(-c3ccccc3)n2)c1C. The van der Waals surface area contributed by atoms with Crippen molar-refractivity contribution in [1.82, 2.24) is 19.7 Å². The van der Waals surface area contributed by atoms with Crippen molar-refractivity contribution in [2.45, 2.75) is 25.5 Å². The number of rotatable bonds is 9. The zero-order valence-corrected chi connectivity index (χ0v) is 19.8. The lowest BCUT2D eigenvalue weighted by atomic mass is 10.0. The Morgan fingerprint density at radius 1 is 0.939 bits per heavy atom. The number of ketones is 1. The molecule has 0 unspecified atom stereocenters. The van der Waals surface area contributed by atoms with E-state index in [1.807, 2.05) is 80.6 Å². The van der Waals surface area contributed by atoms with Crippen molar-refractivity contribution in [1.29, 1.82) is 0 Å². The van der Waals surface area contributed by atoms with E-state index in [4.69, 9.17) is 9.72 Å². The van der Waals surface area contributed by atoms with Crippen LogP contribution in [0.15, 0.2) is 71.9 Å². The van der Waals surface area contributed by atoms with Gasteiger partial charge in [-0.3, -0.25) is 4.79 Å². The number of benzene rings is 2. The van der Waals surface area contributed by atoms with Gasteiger partial charge in [0.1, 0.15) is 11.4 Å². The molecule has 6 nitrogen and oxygen atoms in total. The normalized spacial score (nSPS) is 11.0. The molecule has 0 aliphatic heterocycles. The number of aryl methyl sites for hydroxylation is 1. The van der Waals surface area contributed by atoms with Gasteiger partial charge < -0.3 is 9.30 Å². The molecule has 0 aliphatic rings. The van der Waals surface area contributed by atoms with Gasteiger partial charge in [0.05, 0.1) is 12.4 Å². The summed E-state index contributed by atoms with van der Waals surface area (Å²) >= 11 is 1.31. The van der Waals surface area contributed by atoms with Crippen molar-refractivity contribution in [3.8, 4) is 22.5 Å². The average molecular weight is 459 g/mol. The van der Waals surface area contributed by atoms with E-state index < -0.39 is 0 Å². The predicted molar refractivity (Wildman–Crippen MR) is 132 cm³/mol. The Bertz CT molecular complexity index is 1240. The molecular formula is C26H26N4O2S. The summed E-state index contributed by atoms with van der Waals surface area (Å²) in [4.78, 5) is 17.8. The number of aromatic nitrogens is 4. The third kappa shape index (κ3) is 5.21. The highest BCUT2D eigenvalue weighted by Gasteiger charge is 2.18. The summed E-state index contributed by atoms with van der Waals surface area (Å²) in [5, 5.41) is 9.28. The van der Waals surface area contributed by atoms with E-state index in [0.29, 0.717) is 11.8 Å². The second-order valence-electron chi connectivity index (χ2n) is 7.66. The first-order chi connectivity index (χ1) is 16.1. The van der Waals surface area contributed by atoms with Gasteiger partial charge in [-0.05, 0) is 19.9 Å². The quantitative estimate of drug-likeness (QED) is 0.252. The first-order valence-corrected chi connectivity index (χ1v) is 11.7. The molecule has 4 rings (SSSR count). The molecule has 0 fully saturated rings. The number of Topliss-reactive ketones (excluding diaryl/α,β-unsaturated/α-hetero) is 1. The summed E-state index contributed by atoms with van der Waals surface area (Å²) in [7, 11) is 1.68. The van der Waals surface area contributed by atoms with Gasteiger partial charge in [-0.1, -0.05) is 72.4 Å². The second kappa shape index (κ2) is 10.6. The van der Waals surface area contributed by atoms with Crippen molar-refractivity contribution < 1.29 is 9.53 Å². The Kier molecular flexibility index (Phi) is 7.32. The van der Waals surface area contributed by atoms with Crippen molar-refractivity contribution in [3.63, 3.8) is 0 Å². The number of ether oxygens (including phenoxy) is 1. The third-order valence-corrected chi connectivity index (χ3v) is 6.32. The maximum atomic E-state index is 13.0. The summed E-state index contributed by atoms with van der Waals surface area (Å²) in [6, 6.07) is 21.8. The van der Waals surface area contributed by atoms with Gasteiger partial charge in [0.2, 0.25) is 5.16 Å². The van der Waals surface area contributed by atoms with Crippen molar-refractivity contribution in [2.24, 2.45) is 0 Å². The van der Waals surface area contributed by atoms with Crippen molar-refractivity contribution in [2.75, 3.05) is 19.5 Å². The molecule has 2 heterocycles. The number of nitrogens with zero attached hydrogens (tertiary/aromatic N) is 4. The van der Waals surface area contributed by atoms with Crippen LogP contribution in [0.2, 0.25) is 0 Å². The first kappa shape index (κ1) is 22.9. The molecule has 0 N–H and O–H groups in total. The maximum Gasteiger partial charge on any atom is 0.210 e. The van der Waals surface area contributed by atoms with Gasteiger partial charge in [0.15, 0.2) is 5.78 Å². The molecule has 0 saturated carbocycles. The molecule has 2 aromatic heterocycles. The summed E-state index contributed by atoms with van der Waals surface area (Å²) in [5.41, 5.74) is 6.12. The van der Waals surface area contributed by atoms with Crippen LogP contribution in [0.3, 0.4) is 0 Å². The molecule has 0 amide bonds. The lowest BCUT2D eigenvalue weighted by Gasteiger charge is -2.10. The molecule has 0 atom stereocenters. The van der Waals surface area contributed by atoms with E-state index >= 15 is 0 Å². The minimum absolute atomic E-state index is 0.0498. The number of hydrogen-bond acceptors (Lipinski definition) is 6. The summed E-state index contributed by atoms with van der Waals surface area (Å²) in [6.45, 7) is 5.31. The van der Waals surface area contributed by atoms with Gasteiger partial charge >= 0.3 is 0 Å². The Hall–Kier alpha value is -3.29. The Morgan fingerprint density at radius 3 is 2.21 bits per heavy atom. The fourth-order valence-electron chi connectivity index (χ4n) is 3.78. The van der Waals surface area contributed by atoms with Crippen LogP contribution in [0.5, 0.6) is 0 Å². The van der Waals surface area contributed by atoms with Gasteiger partial charge in [-0.25, -0.2) is 4.98 Å². The number of carbonyl (C=O) groups is 1. The lowest BCUT2D eigenvalue weighted by molar-refractivity contribution is 0.102. The molecule has 0 radical (unpaired) electrons. The molecule has 7 heteroatoms.